The van der Waals surface area contributed by atoms with Gasteiger partial charge >= 0.3 is 0 Å². The van der Waals surface area contributed by atoms with Gasteiger partial charge in [0.25, 0.3) is 0 Å². The van der Waals surface area contributed by atoms with Gasteiger partial charge in [0.05, 0.1) is 0 Å². The number of carbonyl (C=O) groups is 1. The first kappa shape index (κ1) is 19.7. The Morgan fingerprint density at radius 2 is 1.89 bits per heavy atom. The van der Waals surface area contributed by atoms with Crippen LogP contribution in [-0.2, 0) is 21.4 Å². The first-order valence-corrected chi connectivity index (χ1v) is 10.3. The van der Waals surface area contributed by atoms with Crippen molar-refractivity contribution in [1.82, 2.24) is 14.6 Å². The summed E-state index contributed by atoms with van der Waals surface area (Å²) in [5.41, 5.74) is 0.802. The van der Waals surface area contributed by atoms with Crippen LogP contribution in [0.3, 0.4) is 0 Å². The zero-order valence-corrected chi connectivity index (χ0v) is 16.0. The lowest BCUT2D eigenvalue weighted by atomic mass is 9.97. The van der Waals surface area contributed by atoms with Crippen LogP contribution in [0.25, 0.3) is 0 Å². The largest absolute Gasteiger partial charge is 0.352 e. The van der Waals surface area contributed by atoms with Gasteiger partial charge in [-0.3, -0.25) is 4.79 Å². The highest BCUT2D eigenvalue weighted by Gasteiger charge is 2.33. The maximum Gasteiger partial charge on any atom is 0.246 e. The lowest BCUT2D eigenvalue weighted by Crippen LogP contribution is -2.42. The minimum Gasteiger partial charge on any atom is -0.352 e. The lowest BCUT2D eigenvalue weighted by molar-refractivity contribution is -0.126. The molecule has 1 saturated heterocycles. The van der Waals surface area contributed by atoms with Crippen LogP contribution in [0, 0.1) is 11.7 Å². The standard InChI is InChI=1S/C18H19ClFN3O3S/c19-17-16(2-1-9-21-17)27(25,26)23-10-7-14(8-11-23)18(24)22-12-13-3-5-15(20)6-4-13/h1-6,9,14H,7-8,10-12H2,(H,22,24). The number of benzene rings is 1. The molecule has 9 heteroatoms. The number of aromatic nitrogens is 1. The van der Waals surface area contributed by atoms with Gasteiger partial charge in [0.1, 0.15) is 15.9 Å². The molecule has 1 aliphatic rings. The van der Waals surface area contributed by atoms with Crippen molar-refractivity contribution in [1.29, 1.82) is 0 Å². The molecule has 0 bridgehead atoms. The van der Waals surface area contributed by atoms with Crippen LogP contribution in [0.5, 0.6) is 0 Å². The van der Waals surface area contributed by atoms with Crippen LogP contribution in [0.15, 0.2) is 47.5 Å². The molecular formula is C18H19ClFN3O3S. The summed E-state index contributed by atoms with van der Waals surface area (Å²) in [5.74, 6) is -0.718. The number of nitrogens with one attached hydrogen (secondary N) is 1. The predicted octanol–water partition coefficient (Wildman–Crippen LogP) is 2.59. The number of hydrogen-bond donors (Lipinski definition) is 1. The number of carbonyl (C=O) groups excluding carboxylic acids is 1. The summed E-state index contributed by atoms with van der Waals surface area (Å²) >= 11 is 5.91. The third-order valence-corrected chi connectivity index (χ3v) is 6.89. The number of sulfonamides is 1. The van der Waals surface area contributed by atoms with Crippen molar-refractivity contribution in [3.8, 4) is 0 Å². The molecule has 0 spiro atoms. The van der Waals surface area contributed by atoms with E-state index in [9.17, 15) is 17.6 Å². The van der Waals surface area contributed by atoms with Gasteiger partial charge in [-0.05, 0) is 42.7 Å². The SMILES string of the molecule is O=C(NCc1ccc(F)cc1)C1CCN(S(=O)(=O)c2cccnc2Cl)CC1. The van der Waals surface area contributed by atoms with Gasteiger partial charge in [-0.15, -0.1) is 0 Å². The minimum atomic E-state index is -3.73. The van der Waals surface area contributed by atoms with Crippen LogP contribution < -0.4 is 5.32 Å². The first-order valence-electron chi connectivity index (χ1n) is 8.51. The fraction of sp³-hybridized carbons (Fsp3) is 0.333. The van der Waals surface area contributed by atoms with E-state index in [1.807, 2.05) is 0 Å². The molecule has 0 radical (unpaired) electrons. The molecule has 1 amide bonds. The second-order valence-electron chi connectivity index (χ2n) is 6.31. The van der Waals surface area contributed by atoms with Gasteiger partial charge in [0.2, 0.25) is 15.9 Å². The van der Waals surface area contributed by atoms with E-state index in [-0.39, 0.29) is 40.8 Å². The molecule has 0 unspecified atom stereocenters. The molecule has 2 aromatic rings. The Balaban J connectivity index is 1.56. The van der Waals surface area contributed by atoms with E-state index < -0.39 is 10.0 Å². The van der Waals surface area contributed by atoms with Gasteiger partial charge in [-0.1, -0.05) is 23.7 Å². The summed E-state index contributed by atoms with van der Waals surface area (Å²) in [4.78, 5) is 16.1. The zero-order valence-electron chi connectivity index (χ0n) is 14.4. The lowest BCUT2D eigenvalue weighted by Gasteiger charge is -2.30. The third kappa shape index (κ3) is 4.63. The molecule has 0 atom stereocenters. The van der Waals surface area contributed by atoms with E-state index in [1.165, 1.54) is 34.8 Å². The molecule has 2 heterocycles. The molecule has 27 heavy (non-hydrogen) atoms. The predicted molar refractivity (Wildman–Crippen MR) is 99.0 cm³/mol. The minimum absolute atomic E-state index is 0.0223. The quantitative estimate of drug-likeness (QED) is 0.767. The first-order chi connectivity index (χ1) is 12.9. The second-order valence-corrected chi connectivity index (χ2v) is 8.58. The number of amides is 1. The molecule has 1 aliphatic heterocycles. The number of pyridine rings is 1. The molecule has 1 fully saturated rings. The summed E-state index contributed by atoms with van der Waals surface area (Å²) in [5, 5.41) is 2.76. The van der Waals surface area contributed by atoms with Crippen LogP contribution in [0.4, 0.5) is 4.39 Å². The number of hydrogen-bond acceptors (Lipinski definition) is 4. The summed E-state index contributed by atoms with van der Waals surface area (Å²) in [6.45, 7) is 0.785. The molecule has 1 aromatic heterocycles. The fourth-order valence-corrected chi connectivity index (χ4v) is 4.89. The number of rotatable bonds is 5. The van der Waals surface area contributed by atoms with Crippen molar-refractivity contribution in [3.63, 3.8) is 0 Å². The Bertz CT molecular complexity index is 914. The maximum absolute atomic E-state index is 12.9. The molecule has 0 aliphatic carbocycles. The Kier molecular flexibility index (Phi) is 6.08. The van der Waals surface area contributed by atoms with Crippen LogP contribution in [0.1, 0.15) is 18.4 Å². The molecule has 1 aromatic carbocycles. The Morgan fingerprint density at radius 1 is 1.22 bits per heavy atom. The fourth-order valence-electron chi connectivity index (χ4n) is 3.00. The van der Waals surface area contributed by atoms with Crippen molar-refractivity contribution in [2.24, 2.45) is 5.92 Å². The van der Waals surface area contributed by atoms with Crippen LogP contribution >= 0.6 is 11.6 Å². The van der Waals surface area contributed by atoms with Crippen LogP contribution in [0.2, 0.25) is 5.15 Å². The number of nitrogens with zero attached hydrogens (tertiary/aromatic N) is 2. The topological polar surface area (TPSA) is 79.4 Å². The summed E-state index contributed by atoms with van der Waals surface area (Å²) in [7, 11) is -3.73. The smallest absolute Gasteiger partial charge is 0.246 e. The molecular weight excluding hydrogens is 393 g/mol. The van der Waals surface area contributed by atoms with Gasteiger partial charge < -0.3 is 5.32 Å². The molecule has 3 rings (SSSR count). The maximum atomic E-state index is 12.9. The average Bonchev–Trinajstić information content (AvgIpc) is 2.67. The number of piperidine rings is 1. The van der Waals surface area contributed by atoms with Gasteiger partial charge in [-0.2, -0.15) is 4.31 Å². The second kappa shape index (κ2) is 8.33. The van der Waals surface area contributed by atoms with E-state index in [0.29, 0.717) is 19.4 Å². The highest BCUT2D eigenvalue weighted by Crippen LogP contribution is 2.27. The summed E-state index contributed by atoms with van der Waals surface area (Å²) < 4.78 is 39.6. The summed E-state index contributed by atoms with van der Waals surface area (Å²) in [6, 6.07) is 8.86. The van der Waals surface area contributed by atoms with E-state index in [1.54, 1.807) is 12.1 Å². The van der Waals surface area contributed by atoms with E-state index in [4.69, 9.17) is 11.6 Å². The van der Waals surface area contributed by atoms with Crippen molar-refractivity contribution in [2.75, 3.05) is 13.1 Å². The van der Waals surface area contributed by atoms with Crippen LogP contribution in [-0.4, -0.2) is 36.7 Å². The molecule has 1 N–H and O–H groups in total. The van der Waals surface area contributed by atoms with Crippen molar-refractivity contribution in [3.05, 3.63) is 59.1 Å². The van der Waals surface area contributed by atoms with Gasteiger partial charge in [-0.25, -0.2) is 17.8 Å². The molecule has 0 saturated carbocycles. The highest BCUT2D eigenvalue weighted by molar-refractivity contribution is 7.89. The van der Waals surface area contributed by atoms with Crippen molar-refractivity contribution in [2.45, 2.75) is 24.3 Å². The Labute approximate surface area is 162 Å². The van der Waals surface area contributed by atoms with Crippen molar-refractivity contribution < 1.29 is 17.6 Å². The normalized spacial score (nSPS) is 16.2. The zero-order chi connectivity index (χ0) is 19.4. The van der Waals surface area contributed by atoms with Gasteiger partial charge in [0, 0.05) is 31.7 Å². The summed E-state index contributed by atoms with van der Waals surface area (Å²) in [6.07, 6.45) is 2.28. The average molecular weight is 412 g/mol. The van der Waals surface area contributed by atoms with E-state index in [0.717, 1.165) is 5.56 Å². The Morgan fingerprint density at radius 3 is 2.52 bits per heavy atom. The van der Waals surface area contributed by atoms with Gasteiger partial charge in [0.15, 0.2) is 0 Å². The van der Waals surface area contributed by atoms with Crippen molar-refractivity contribution >= 4 is 27.5 Å². The van der Waals surface area contributed by atoms with E-state index >= 15 is 0 Å². The Hall–Kier alpha value is -2.03. The highest BCUT2D eigenvalue weighted by atomic mass is 35.5. The number of halogens is 2. The molecule has 144 valence electrons. The monoisotopic (exact) mass is 411 g/mol. The molecule has 6 nitrogen and oxygen atoms in total. The third-order valence-electron chi connectivity index (χ3n) is 4.55. The van der Waals surface area contributed by atoms with E-state index in [2.05, 4.69) is 10.3 Å².